The minimum Gasteiger partial charge on any atom is -0.480 e. The van der Waals surface area contributed by atoms with Crippen LogP contribution in [0, 0.1) is 0 Å². The van der Waals surface area contributed by atoms with E-state index in [1.165, 1.54) is 6.92 Å². The molecule has 100 valence electrons. The molecule has 0 aromatic carbocycles. The Morgan fingerprint density at radius 2 is 1.94 bits per heavy atom. The van der Waals surface area contributed by atoms with Crippen LogP contribution in [0.1, 0.15) is 20.3 Å². The Balaban J connectivity index is 3.23. The summed E-state index contributed by atoms with van der Waals surface area (Å²) >= 11 is 0. The number of carboxylic acid groups (broad SMARTS) is 2. The summed E-state index contributed by atoms with van der Waals surface area (Å²) in [5.41, 5.74) is 0. The van der Waals surface area contributed by atoms with Crippen LogP contribution in [0.3, 0.4) is 0 Å². The van der Waals surface area contributed by atoms with E-state index in [9.17, 15) is 18.7 Å². The molecule has 0 amide bonds. The van der Waals surface area contributed by atoms with E-state index >= 15 is 0 Å². The summed E-state index contributed by atoms with van der Waals surface area (Å²) in [5, 5.41) is 18.0. The highest BCUT2D eigenvalue weighted by molar-refractivity contribution is 7.31. The molecular formula is C9H13N2O6P. The average Bonchev–Trinajstić information content (AvgIpc) is 2.66. The van der Waals surface area contributed by atoms with E-state index < -0.39 is 37.5 Å². The van der Waals surface area contributed by atoms with Gasteiger partial charge in [0.25, 0.3) is 0 Å². The maximum Gasteiger partial charge on any atom is 0.338 e. The number of rotatable bonds is 5. The van der Waals surface area contributed by atoms with Crippen molar-refractivity contribution in [1.82, 2.24) is 4.90 Å². The van der Waals surface area contributed by atoms with Crippen LogP contribution in [-0.2, 0) is 18.7 Å². The molecule has 2 N–H and O–H groups in total. The second-order valence-electron chi connectivity index (χ2n) is 3.79. The fraction of sp³-hybridized carbons (Fsp3) is 0.667. The van der Waals surface area contributed by atoms with Gasteiger partial charge in [-0.2, -0.15) is 0 Å². The zero-order valence-corrected chi connectivity index (χ0v) is 10.7. The smallest absolute Gasteiger partial charge is 0.338 e. The monoisotopic (exact) mass is 276 g/mol. The standard InChI is InChI=1S/C9H13N2O6P/c1-3-5-10-6(8(12)13)7(9(14)15)11(5)4(2)18(16)17/h4,6-7H,3H2,1-2H3,(H,12,13)(H,14,15). The highest BCUT2D eigenvalue weighted by atomic mass is 31.1. The number of nitrogens with zero attached hydrogens (tertiary/aromatic N) is 2. The van der Waals surface area contributed by atoms with E-state index in [0.717, 1.165) is 4.90 Å². The Morgan fingerprint density at radius 1 is 1.39 bits per heavy atom. The van der Waals surface area contributed by atoms with E-state index in [0.29, 0.717) is 0 Å². The molecule has 1 heterocycles. The van der Waals surface area contributed by atoms with Crippen molar-refractivity contribution in [1.29, 1.82) is 0 Å². The molecule has 1 aliphatic rings. The van der Waals surface area contributed by atoms with E-state index in [1.54, 1.807) is 6.92 Å². The van der Waals surface area contributed by atoms with Gasteiger partial charge in [0.05, 0.1) is 0 Å². The highest BCUT2D eigenvalue weighted by Crippen LogP contribution is 2.29. The van der Waals surface area contributed by atoms with Crippen molar-refractivity contribution >= 4 is 25.5 Å². The zero-order valence-electron chi connectivity index (χ0n) is 9.81. The Kier molecular flexibility index (Phi) is 4.24. The molecule has 0 spiro atoms. The molecule has 0 bridgehead atoms. The molecule has 0 aromatic heterocycles. The molecule has 3 unspecified atom stereocenters. The van der Waals surface area contributed by atoms with E-state index in [-0.39, 0.29) is 12.3 Å². The number of carbonyl (C=O) groups is 2. The lowest BCUT2D eigenvalue weighted by molar-refractivity contribution is -0.149. The van der Waals surface area contributed by atoms with Crippen LogP contribution >= 0.6 is 7.68 Å². The first-order valence-corrected chi connectivity index (χ1v) is 6.50. The minimum absolute atomic E-state index is 0.182. The molecule has 18 heavy (non-hydrogen) atoms. The first-order valence-electron chi connectivity index (χ1n) is 5.25. The molecule has 0 saturated carbocycles. The number of amidine groups is 1. The maximum atomic E-state index is 11.1. The van der Waals surface area contributed by atoms with Crippen LogP contribution in [0.5, 0.6) is 0 Å². The van der Waals surface area contributed by atoms with Crippen molar-refractivity contribution in [3.63, 3.8) is 0 Å². The number of hydrogen-bond acceptors (Lipinski definition) is 6. The van der Waals surface area contributed by atoms with Gasteiger partial charge in [-0.1, -0.05) is 6.92 Å². The number of aliphatic imine (C=N–C) groups is 1. The predicted octanol–water partition coefficient (Wildman–Crippen LogP) is 0.536. The summed E-state index contributed by atoms with van der Waals surface area (Å²) in [5.74, 6) is -3.71. The summed E-state index contributed by atoms with van der Waals surface area (Å²) in [6, 6.07) is -2.96. The summed E-state index contributed by atoms with van der Waals surface area (Å²) in [6.45, 7) is 2.95. The first-order chi connectivity index (χ1) is 8.31. The molecule has 0 radical (unpaired) electrons. The number of hydrogen-bond donors (Lipinski definition) is 2. The SMILES string of the molecule is CCC1=NC(C(=O)O)C(C(=O)O)N1C(C)P(=O)=O. The van der Waals surface area contributed by atoms with Crippen LogP contribution in [-0.4, -0.2) is 50.8 Å². The van der Waals surface area contributed by atoms with Gasteiger partial charge in [-0.15, -0.1) is 0 Å². The molecular weight excluding hydrogens is 263 g/mol. The van der Waals surface area contributed by atoms with E-state index in [2.05, 4.69) is 4.99 Å². The largest absolute Gasteiger partial charge is 0.480 e. The van der Waals surface area contributed by atoms with Crippen LogP contribution in [0.15, 0.2) is 4.99 Å². The van der Waals surface area contributed by atoms with E-state index in [4.69, 9.17) is 10.2 Å². The number of aliphatic carboxylic acids is 2. The van der Waals surface area contributed by atoms with Gasteiger partial charge < -0.3 is 15.1 Å². The Hall–Kier alpha value is -1.69. The van der Waals surface area contributed by atoms with Crippen LogP contribution in [0.2, 0.25) is 0 Å². The van der Waals surface area contributed by atoms with Gasteiger partial charge in [-0.3, -0.25) is 4.99 Å². The van der Waals surface area contributed by atoms with Crippen molar-refractivity contribution in [3.05, 3.63) is 0 Å². The van der Waals surface area contributed by atoms with Gasteiger partial charge in [0.1, 0.15) is 11.6 Å². The van der Waals surface area contributed by atoms with Crippen LogP contribution in [0.25, 0.3) is 0 Å². The summed E-state index contributed by atoms with van der Waals surface area (Å²) in [7, 11) is -2.91. The highest BCUT2D eigenvalue weighted by Gasteiger charge is 2.47. The third kappa shape index (κ3) is 2.43. The van der Waals surface area contributed by atoms with Crippen molar-refractivity contribution in [2.24, 2.45) is 4.99 Å². The van der Waals surface area contributed by atoms with Gasteiger partial charge in [-0.25, -0.2) is 18.7 Å². The molecule has 0 saturated heterocycles. The normalized spacial score (nSPS) is 24.6. The fourth-order valence-electron chi connectivity index (χ4n) is 1.88. The van der Waals surface area contributed by atoms with Crippen molar-refractivity contribution < 1.29 is 28.9 Å². The lowest BCUT2D eigenvalue weighted by Crippen LogP contribution is -2.50. The lowest BCUT2D eigenvalue weighted by Gasteiger charge is -2.28. The second kappa shape index (κ2) is 5.30. The molecule has 0 aliphatic carbocycles. The topological polar surface area (TPSA) is 124 Å². The summed E-state index contributed by atoms with van der Waals surface area (Å²) < 4.78 is 22.0. The van der Waals surface area contributed by atoms with Crippen molar-refractivity contribution in [2.45, 2.75) is 38.1 Å². The summed E-state index contributed by atoms with van der Waals surface area (Å²) in [6.07, 6.45) is 0.265. The molecule has 0 fully saturated rings. The maximum absolute atomic E-state index is 11.1. The fourth-order valence-corrected chi connectivity index (χ4v) is 2.36. The van der Waals surface area contributed by atoms with Crippen molar-refractivity contribution in [3.8, 4) is 0 Å². The van der Waals surface area contributed by atoms with Gasteiger partial charge in [-0.05, 0) is 6.92 Å². The van der Waals surface area contributed by atoms with Gasteiger partial charge in [0.15, 0.2) is 12.1 Å². The predicted molar refractivity (Wildman–Crippen MR) is 60.2 cm³/mol. The van der Waals surface area contributed by atoms with E-state index in [1.807, 2.05) is 0 Å². The average molecular weight is 276 g/mol. The second-order valence-corrected chi connectivity index (χ2v) is 5.11. The first kappa shape index (κ1) is 14.4. The van der Waals surface area contributed by atoms with Crippen LogP contribution in [0.4, 0.5) is 0 Å². The molecule has 3 atom stereocenters. The third-order valence-corrected chi connectivity index (χ3v) is 3.57. The van der Waals surface area contributed by atoms with Crippen LogP contribution < -0.4 is 0 Å². The Morgan fingerprint density at radius 3 is 2.28 bits per heavy atom. The summed E-state index contributed by atoms with van der Waals surface area (Å²) in [4.78, 5) is 26.9. The minimum atomic E-state index is -2.91. The number of carboxylic acids is 2. The molecule has 1 aliphatic heterocycles. The lowest BCUT2D eigenvalue weighted by atomic mass is 10.1. The molecule has 0 aromatic rings. The molecule has 9 heteroatoms. The quantitative estimate of drug-likeness (QED) is 0.702. The third-order valence-electron chi connectivity index (χ3n) is 2.71. The van der Waals surface area contributed by atoms with Crippen molar-refractivity contribution in [2.75, 3.05) is 0 Å². The molecule has 8 nitrogen and oxygen atoms in total. The molecule has 1 rings (SSSR count). The van der Waals surface area contributed by atoms with Gasteiger partial charge in [0, 0.05) is 6.42 Å². The van der Waals surface area contributed by atoms with Gasteiger partial charge >= 0.3 is 19.6 Å². The van der Waals surface area contributed by atoms with Gasteiger partial charge in [0.2, 0.25) is 0 Å². The Bertz CT molecular complexity index is 464. The Labute approximate surface area is 103 Å². The zero-order chi connectivity index (χ0) is 14.0.